The highest BCUT2D eigenvalue weighted by Crippen LogP contribution is 2.55. The Balaban J connectivity index is 1.98. The van der Waals surface area contributed by atoms with Gasteiger partial charge in [0.05, 0.1) is 6.04 Å². The first-order valence-corrected chi connectivity index (χ1v) is 6.99. The number of halogens is 1. The molecule has 1 aliphatic heterocycles. The van der Waals surface area contributed by atoms with Gasteiger partial charge in [-0.15, -0.1) is 0 Å². The van der Waals surface area contributed by atoms with Gasteiger partial charge >= 0.3 is 6.03 Å². The smallest absolute Gasteiger partial charge is 0.320 e. The Hall–Kier alpha value is -2.17. The zero-order chi connectivity index (χ0) is 14.9. The van der Waals surface area contributed by atoms with Gasteiger partial charge < -0.3 is 4.90 Å². The van der Waals surface area contributed by atoms with Crippen LogP contribution in [0.15, 0.2) is 36.4 Å². The maximum atomic E-state index is 15.8. The van der Waals surface area contributed by atoms with Crippen LogP contribution in [0.4, 0.5) is 9.18 Å². The maximum Gasteiger partial charge on any atom is 0.326 e. The van der Waals surface area contributed by atoms with Crippen LogP contribution in [-0.2, 0) is 4.79 Å². The summed E-state index contributed by atoms with van der Waals surface area (Å²) >= 11 is 0. The van der Waals surface area contributed by atoms with Crippen molar-refractivity contribution < 1.29 is 14.0 Å². The maximum absolute atomic E-state index is 15.8. The third-order valence-electron chi connectivity index (χ3n) is 5.06. The molecule has 0 saturated carbocycles. The van der Waals surface area contributed by atoms with Crippen LogP contribution in [-0.4, -0.2) is 47.5 Å². The van der Waals surface area contributed by atoms with Gasteiger partial charge in [-0.2, -0.15) is 0 Å². The van der Waals surface area contributed by atoms with Gasteiger partial charge in [0.1, 0.15) is 0 Å². The normalized spacial score (nSPS) is 36.8. The molecule has 3 aliphatic carbocycles. The second-order valence-corrected chi connectivity index (χ2v) is 5.99. The van der Waals surface area contributed by atoms with E-state index >= 15 is 4.39 Å². The van der Waals surface area contributed by atoms with Crippen molar-refractivity contribution in [3.8, 4) is 0 Å². The molecule has 4 atom stereocenters. The SMILES string of the molecule is CN1C(=O)N(C)[C@@H]2[C@@H]3C=C[C@@H](c4ccccc43)[C@]2(F)C1=O. The van der Waals surface area contributed by atoms with Crippen molar-refractivity contribution >= 4 is 11.9 Å². The Labute approximate surface area is 121 Å². The topological polar surface area (TPSA) is 40.6 Å². The molecular weight excluding hydrogens is 271 g/mol. The largest absolute Gasteiger partial charge is 0.326 e. The monoisotopic (exact) mass is 286 g/mol. The molecule has 0 spiro atoms. The van der Waals surface area contributed by atoms with Crippen LogP contribution < -0.4 is 0 Å². The molecule has 1 saturated heterocycles. The van der Waals surface area contributed by atoms with Crippen LogP contribution in [0.5, 0.6) is 0 Å². The zero-order valence-corrected chi connectivity index (χ0v) is 11.8. The minimum atomic E-state index is -2.08. The molecule has 21 heavy (non-hydrogen) atoms. The van der Waals surface area contributed by atoms with Crippen LogP contribution in [0.3, 0.4) is 0 Å². The Morgan fingerprint density at radius 2 is 1.76 bits per heavy atom. The average Bonchev–Trinajstić information content (AvgIpc) is 2.51. The van der Waals surface area contributed by atoms with E-state index in [-0.39, 0.29) is 5.92 Å². The van der Waals surface area contributed by atoms with E-state index in [0.29, 0.717) is 0 Å². The van der Waals surface area contributed by atoms with Gasteiger partial charge in [-0.05, 0) is 11.1 Å². The van der Waals surface area contributed by atoms with Crippen molar-refractivity contribution in [1.29, 1.82) is 0 Å². The number of carbonyl (C=O) groups is 2. The predicted molar refractivity (Wildman–Crippen MR) is 74.6 cm³/mol. The standard InChI is InChI=1S/C16H15FN2O2/c1-18-13-11-7-8-12(10-6-4-3-5-9(10)11)16(13,17)14(20)19(2)15(18)21/h3-8,11-13H,1-2H3/t11-,12+,13-,16-/m1/s1. The number of benzene rings is 1. The highest BCUT2D eigenvalue weighted by Gasteiger charge is 2.66. The molecule has 2 bridgehead atoms. The molecule has 1 aromatic carbocycles. The van der Waals surface area contributed by atoms with Crippen molar-refractivity contribution in [1.82, 2.24) is 9.80 Å². The summed E-state index contributed by atoms with van der Waals surface area (Å²) in [5, 5.41) is 0. The highest BCUT2D eigenvalue weighted by atomic mass is 19.1. The highest BCUT2D eigenvalue weighted by molar-refractivity contribution is 6.03. The Morgan fingerprint density at radius 1 is 1.10 bits per heavy atom. The first kappa shape index (κ1) is 12.6. The lowest BCUT2D eigenvalue weighted by molar-refractivity contribution is -0.153. The molecule has 0 radical (unpaired) electrons. The lowest BCUT2D eigenvalue weighted by Gasteiger charge is -2.55. The average molecular weight is 286 g/mol. The van der Waals surface area contributed by atoms with Gasteiger partial charge in [0.25, 0.3) is 5.91 Å². The molecule has 1 heterocycles. The molecular formula is C16H15FN2O2. The minimum absolute atomic E-state index is 0.275. The number of likely N-dealkylation sites (N-methyl/N-ethyl adjacent to an activating group) is 1. The molecule has 4 nitrogen and oxygen atoms in total. The van der Waals surface area contributed by atoms with Gasteiger partial charge in [0.15, 0.2) is 0 Å². The molecule has 0 N–H and O–H groups in total. The molecule has 0 unspecified atom stereocenters. The first-order chi connectivity index (χ1) is 9.98. The Bertz CT molecular complexity index is 701. The van der Waals surface area contributed by atoms with Crippen molar-refractivity contribution in [2.75, 3.05) is 14.1 Å². The summed E-state index contributed by atoms with van der Waals surface area (Å²) in [4.78, 5) is 26.9. The Morgan fingerprint density at radius 3 is 2.48 bits per heavy atom. The number of allylic oxidation sites excluding steroid dienone is 1. The molecule has 5 heteroatoms. The zero-order valence-electron chi connectivity index (χ0n) is 11.8. The predicted octanol–water partition coefficient (Wildman–Crippen LogP) is 2.04. The van der Waals surface area contributed by atoms with Crippen LogP contribution in [0, 0.1) is 0 Å². The van der Waals surface area contributed by atoms with Crippen molar-refractivity contribution in [2.24, 2.45) is 0 Å². The second-order valence-electron chi connectivity index (χ2n) is 5.99. The molecule has 1 aromatic rings. The summed E-state index contributed by atoms with van der Waals surface area (Å²) in [5.74, 6) is -1.64. The number of urea groups is 1. The fourth-order valence-corrected chi connectivity index (χ4v) is 4.10. The fraction of sp³-hybridized carbons (Fsp3) is 0.375. The molecule has 1 fully saturated rings. The fourth-order valence-electron chi connectivity index (χ4n) is 4.10. The summed E-state index contributed by atoms with van der Waals surface area (Å²) in [6.07, 6.45) is 3.71. The van der Waals surface area contributed by atoms with Gasteiger partial charge in [-0.1, -0.05) is 36.4 Å². The van der Waals surface area contributed by atoms with Gasteiger partial charge in [0.2, 0.25) is 5.67 Å². The lowest BCUT2D eigenvalue weighted by Crippen LogP contribution is -2.72. The third kappa shape index (κ3) is 1.25. The minimum Gasteiger partial charge on any atom is -0.320 e. The molecule has 108 valence electrons. The van der Waals surface area contributed by atoms with E-state index in [1.165, 1.54) is 11.9 Å². The van der Waals surface area contributed by atoms with E-state index in [1.54, 1.807) is 13.1 Å². The number of hydrogen-bond acceptors (Lipinski definition) is 2. The van der Waals surface area contributed by atoms with E-state index in [2.05, 4.69) is 0 Å². The second kappa shape index (κ2) is 3.72. The number of carbonyl (C=O) groups excluding carboxylic acids is 2. The first-order valence-electron chi connectivity index (χ1n) is 6.99. The molecule has 5 rings (SSSR count). The van der Waals surface area contributed by atoms with E-state index in [4.69, 9.17) is 0 Å². The summed E-state index contributed by atoms with van der Waals surface area (Å²) in [5.41, 5.74) is -0.209. The molecule has 0 aromatic heterocycles. The van der Waals surface area contributed by atoms with E-state index in [0.717, 1.165) is 16.0 Å². The van der Waals surface area contributed by atoms with Gasteiger partial charge in [0, 0.05) is 25.9 Å². The number of amides is 3. The van der Waals surface area contributed by atoms with Gasteiger partial charge in [-0.3, -0.25) is 9.69 Å². The van der Waals surface area contributed by atoms with Crippen LogP contribution in [0.2, 0.25) is 0 Å². The van der Waals surface area contributed by atoms with Crippen LogP contribution >= 0.6 is 0 Å². The van der Waals surface area contributed by atoms with Crippen molar-refractivity contribution in [3.05, 3.63) is 47.5 Å². The number of hydrogen-bond donors (Lipinski definition) is 0. The molecule has 3 amide bonds. The van der Waals surface area contributed by atoms with Crippen LogP contribution in [0.1, 0.15) is 23.0 Å². The Kier molecular flexibility index (Phi) is 2.23. The van der Waals surface area contributed by atoms with E-state index in [9.17, 15) is 9.59 Å². The summed E-state index contributed by atoms with van der Waals surface area (Å²) in [6, 6.07) is 6.38. The van der Waals surface area contributed by atoms with Crippen molar-refractivity contribution in [3.63, 3.8) is 0 Å². The summed E-state index contributed by atoms with van der Waals surface area (Å²) < 4.78 is 15.8. The van der Waals surface area contributed by atoms with E-state index in [1.807, 2.05) is 30.3 Å². The number of nitrogens with zero attached hydrogens (tertiary/aromatic N) is 2. The number of rotatable bonds is 0. The summed E-state index contributed by atoms with van der Waals surface area (Å²) in [7, 11) is 2.91. The van der Waals surface area contributed by atoms with Crippen molar-refractivity contribution in [2.45, 2.75) is 23.5 Å². The van der Waals surface area contributed by atoms with E-state index < -0.39 is 29.6 Å². The quantitative estimate of drug-likeness (QED) is 0.685. The number of imide groups is 1. The summed E-state index contributed by atoms with van der Waals surface area (Å²) in [6.45, 7) is 0. The van der Waals surface area contributed by atoms with Crippen LogP contribution in [0.25, 0.3) is 0 Å². The van der Waals surface area contributed by atoms with Gasteiger partial charge in [-0.25, -0.2) is 9.18 Å². The lowest BCUT2D eigenvalue weighted by atomic mass is 9.59. The third-order valence-corrected chi connectivity index (χ3v) is 5.06. The number of alkyl halides is 1. The molecule has 4 aliphatic rings.